The van der Waals surface area contributed by atoms with Crippen molar-refractivity contribution in [2.24, 2.45) is 11.8 Å². The Bertz CT molecular complexity index is 1060. The number of Topliss-reactive ketones (excluding diaryl/α,β-unsaturated/α-hetero) is 1. The van der Waals surface area contributed by atoms with E-state index in [1.807, 2.05) is 20.8 Å². The van der Waals surface area contributed by atoms with E-state index in [4.69, 9.17) is 18.9 Å². The molecule has 1 N–H and O–H groups in total. The van der Waals surface area contributed by atoms with Crippen LogP contribution in [0.3, 0.4) is 0 Å². The number of ketones is 1. The fourth-order valence-electron chi connectivity index (χ4n) is 4.73. The van der Waals surface area contributed by atoms with E-state index in [1.54, 1.807) is 25.1 Å². The topological polar surface area (TPSA) is 100 Å². The Kier molecular flexibility index (Phi) is 7.69. The summed E-state index contributed by atoms with van der Waals surface area (Å²) < 4.78 is 21.8. The number of esters is 2. The minimum atomic E-state index is -0.963. The van der Waals surface area contributed by atoms with E-state index in [9.17, 15) is 14.4 Å². The molecule has 0 radical (unpaired) electrons. The van der Waals surface area contributed by atoms with Gasteiger partial charge in [-0.15, -0.1) is 0 Å². The fourth-order valence-corrected chi connectivity index (χ4v) is 4.73. The van der Waals surface area contributed by atoms with Crippen molar-refractivity contribution < 1.29 is 33.3 Å². The predicted octanol–water partition coefficient (Wildman–Crippen LogP) is 3.66. The van der Waals surface area contributed by atoms with Gasteiger partial charge in [-0.2, -0.15) is 0 Å². The molecule has 0 amide bonds. The van der Waals surface area contributed by atoms with Crippen LogP contribution in [0.15, 0.2) is 40.7 Å². The molecule has 2 aliphatic rings. The largest absolute Gasteiger partial charge is 0.493 e. The van der Waals surface area contributed by atoms with Crippen LogP contribution in [0.5, 0.6) is 11.5 Å². The van der Waals surface area contributed by atoms with Crippen molar-refractivity contribution in [2.75, 3.05) is 21.3 Å². The summed E-state index contributed by atoms with van der Waals surface area (Å²) in [5, 5.41) is 3.26. The molecule has 1 aromatic carbocycles. The Balaban J connectivity index is 2.26. The van der Waals surface area contributed by atoms with Crippen LogP contribution in [0.4, 0.5) is 0 Å². The number of benzene rings is 1. The molecule has 1 heterocycles. The van der Waals surface area contributed by atoms with E-state index in [2.05, 4.69) is 5.32 Å². The van der Waals surface area contributed by atoms with Crippen molar-refractivity contribution in [1.82, 2.24) is 5.32 Å². The minimum Gasteiger partial charge on any atom is -0.493 e. The highest BCUT2D eigenvalue weighted by molar-refractivity contribution is 6.12. The second-order valence-electron chi connectivity index (χ2n) is 8.74. The van der Waals surface area contributed by atoms with Crippen molar-refractivity contribution in [3.8, 4) is 11.5 Å². The summed E-state index contributed by atoms with van der Waals surface area (Å²) in [4.78, 5) is 39.8. The van der Waals surface area contributed by atoms with Gasteiger partial charge in [-0.3, -0.25) is 9.59 Å². The maximum absolute atomic E-state index is 13.8. The fraction of sp³-hybridized carbons (Fsp3) is 0.500. The number of hydrogen-bond donors (Lipinski definition) is 1. The van der Waals surface area contributed by atoms with Gasteiger partial charge in [0.25, 0.3) is 0 Å². The van der Waals surface area contributed by atoms with E-state index in [0.717, 1.165) is 0 Å². The summed E-state index contributed by atoms with van der Waals surface area (Å²) in [6.07, 6.45) is 0.795. The lowest BCUT2D eigenvalue weighted by atomic mass is 9.69. The molecular formula is C26H33NO7. The average molecular weight is 472 g/mol. The van der Waals surface area contributed by atoms with E-state index < -0.39 is 23.8 Å². The Hall–Kier alpha value is -3.29. The zero-order valence-corrected chi connectivity index (χ0v) is 20.8. The van der Waals surface area contributed by atoms with Crippen molar-refractivity contribution in [3.63, 3.8) is 0 Å². The average Bonchev–Trinajstić information content (AvgIpc) is 2.81. The smallest absolute Gasteiger partial charge is 0.337 e. The number of allylic oxidation sites excluding steroid dienone is 3. The van der Waals surface area contributed by atoms with Gasteiger partial charge in [-0.05, 0) is 38.7 Å². The number of rotatable bonds is 7. The van der Waals surface area contributed by atoms with Crippen LogP contribution in [0.1, 0.15) is 52.0 Å². The van der Waals surface area contributed by atoms with Gasteiger partial charge in [-0.1, -0.05) is 26.0 Å². The summed E-state index contributed by atoms with van der Waals surface area (Å²) in [5.74, 6) is -2.64. The SMILES string of the molecule is CC[C@H](C)OC(=O)C1=C(C)NC2=C(C(=O)[C@@H](C(=O)OC)[C@@H](C)C2)[C@@H]1c1cccc(OC)c1OC. The van der Waals surface area contributed by atoms with E-state index in [1.165, 1.54) is 21.3 Å². The van der Waals surface area contributed by atoms with Crippen LogP contribution in [-0.4, -0.2) is 45.2 Å². The lowest BCUT2D eigenvalue weighted by molar-refractivity contribution is -0.151. The van der Waals surface area contributed by atoms with Crippen molar-refractivity contribution in [2.45, 2.75) is 52.6 Å². The number of carbonyl (C=O) groups excluding carboxylic acids is 3. The minimum absolute atomic E-state index is 0.263. The first-order valence-electron chi connectivity index (χ1n) is 11.4. The second-order valence-corrected chi connectivity index (χ2v) is 8.74. The molecule has 0 fully saturated rings. The van der Waals surface area contributed by atoms with E-state index in [0.29, 0.717) is 52.4 Å². The molecule has 1 aliphatic carbocycles. The third kappa shape index (κ3) is 4.41. The molecule has 8 nitrogen and oxygen atoms in total. The summed E-state index contributed by atoms with van der Waals surface area (Å²) >= 11 is 0. The van der Waals surface area contributed by atoms with Crippen LogP contribution in [0.2, 0.25) is 0 Å². The molecule has 0 bridgehead atoms. The van der Waals surface area contributed by atoms with Gasteiger partial charge in [0.1, 0.15) is 5.92 Å². The van der Waals surface area contributed by atoms with Crippen molar-refractivity contribution in [3.05, 3.63) is 46.3 Å². The number of para-hydroxylation sites is 1. The van der Waals surface area contributed by atoms with Crippen LogP contribution >= 0.6 is 0 Å². The predicted molar refractivity (Wildman–Crippen MR) is 125 cm³/mol. The molecule has 1 aromatic rings. The zero-order valence-electron chi connectivity index (χ0n) is 20.8. The molecule has 184 valence electrons. The molecule has 0 unspecified atom stereocenters. The van der Waals surface area contributed by atoms with Gasteiger partial charge < -0.3 is 24.3 Å². The Morgan fingerprint density at radius 1 is 1.18 bits per heavy atom. The molecule has 0 saturated carbocycles. The third-order valence-electron chi connectivity index (χ3n) is 6.59. The monoisotopic (exact) mass is 471 g/mol. The number of nitrogens with one attached hydrogen (secondary N) is 1. The number of carbonyl (C=O) groups is 3. The van der Waals surface area contributed by atoms with Gasteiger partial charge in [-0.25, -0.2) is 4.79 Å². The normalized spacial score (nSPS) is 23.0. The quantitative estimate of drug-likeness (QED) is 0.475. The molecule has 34 heavy (non-hydrogen) atoms. The lowest BCUT2D eigenvalue weighted by Crippen LogP contribution is -2.43. The Morgan fingerprint density at radius 3 is 2.47 bits per heavy atom. The van der Waals surface area contributed by atoms with Gasteiger partial charge in [0.2, 0.25) is 0 Å². The lowest BCUT2D eigenvalue weighted by Gasteiger charge is -2.38. The zero-order chi connectivity index (χ0) is 25.2. The molecule has 3 rings (SSSR count). The summed E-state index contributed by atoms with van der Waals surface area (Å²) in [6, 6.07) is 5.32. The molecular weight excluding hydrogens is 438 g/mol. The summed E-state index contributed by atoms with van der Waals surface area (Å²) in [6.45, 7) is 7.38. The van der Waals surface area contributed by atoms with Gasteiger partial charge in [0.05, 0.1) is 38.9 Å². The van der Waals surface area contributed by atoms with Crippen molar-refractivity contribution in [1.29, 1.82) is 0 Å². The molecule has 0 saturated heterocycles. The van der Waals surface area contributed by atoms with Crippen LogP contribution < -0.4 is 14.8 Å². The van der Waals surface area contributed by atoms with Crippen LogP contribution in [0.25, 0.3) is 0 Å². The second kappa shape index (κ2) is 10.3. The first-order valence-corrected chi connectivity index (χ1v) is 11.4. The van der Waals surface area contributed by atoms with Gasteiger partial charge in [0.15, 0.2) is 17.3 Å². The summed E-state index contributed by atoms with van der Waals surface area (Å²) in [7, 11) is 4.30. The number of ether oxygens (including phenoxy) is 4. The molecule has 0 spiro atoms. The van der Waals surface area contributed by atoms with Crippen LogP contribution in [-0.2, 0) is 23.9 Å². The highest BCUT2D eigenvalue weighted by atomic mass is 16.5. The van der Waals surface area contributed by atoms with Gasteiger partial charge in [0, 0.05) is 22.5 Å². The summed E-state index contributed by atoms with van der Waals surface area (Å²) in [5.41, 5.74) is 2.51. The first-order chi connectivity index (χ1) is 16.2. The third-order valence-corrected chi connectivity index (χ3v) is 6.59. The van der Waals surface area contributed by atoms with E-state index >= 15 is 0 Å². The number of hydrogen-bond acceptors (Lipinski definition) is 8. The van der Waals surface area contributed by atoms with Gasteiger partial charge >= 0.3 is 11.9 Å². The maximum Gasteiger partial charge on any atom is 0.337 e. The molecule has 4 atom stereocenters. The number of dihydropyridines is 1. The number of methoxy groups -OCH3 is 3. The maximum atomic E-state index is 13.8. The first kappa shape index (κ1) is 25.3. The Labute approximate surface area is 200 Å². The van der Waals surface area contributed by atoms with Crippen molar-refractivity contribution >= 4 is 17.7 Å². The van der Waals surface area contributed by atoms with E-state index in [-0.39, 0.29) is 17.8 Å². The van der Waals surface area contributed by atoms with Crippen LogP contribution in [0, 0.1) is 11.8 Å². The molecule has 0 aromatic heterocycles. The highest BCUT2D eigenvalue weighted by Crippen LogP contribution is 2.49. The molecule has 8 heteroatoms. The standard InChI is InChI=1S/C26H33NO7/c1-8-14(3)34-26(30)20-15(4)27-17-12-13(2)19(25(29)33-7)23(28)22(17)21(20)16-10-9-11-18(31-5)24(16)32-6/h9-11,13-14,19,21,27H,8,12H2,1-7H3/t13-,14-,19-,21+/m0/s1. The highest BCUT2D eigenvalue weighted by Gasteiger charge is 2.48. The molecule has 1 aliphatic heterocycles. The Morgan fingerprint density at radius 2 is 1.88 bits per heavy atom.